The van der Waals surface area contributed by atoms with Gasteiger partial charge < -0.3 is 10.0 Å². The Kier molecular flexibility index (Phi) is 5.13. The van der Waals surface area contributed by atoms with Gasteiger partial charge in [-0.1, -0.05) is 12.8 Å². The zero-order valence-electron chi connectivity index (χ0n) is 12.0. The Balaban J connectivity index is 2.05. The first-order chi connectivity index (χ1) is 9.11. The van der Waals surface area contributed by atoms with E-state index >= 15 is 0 Å². The van der Waals surface area contributed by atoms with Crippen molar-refractivity contribution in [2.75, 3.05) is 25.6 Å². The van der Waals surface area contributed by atoms with Crippen molar-refractivity contribution in [2.45, 2.75) is 51.2 Å². The molecule has 19 heavy (non-hydrogen) atoms. The van der Waals surface area contributed by atoms with Gasteiger partial charge in [-0.25, -0.2) is 4.98 Å². The van der Waals surface area contributed by atoms with E-state index in [1.165, 1.54) is 37.2 Å². The van der Waals surface area contributed by atoms with Gasteiger partial charge in [0.1, 0.15) is 0 Å². The highest BCUT2D eigenvalue weighted by atomic mass is 32.1. The van der Waals surface area contributed by atoms with Crippen LogP contribution in [0.15, 0.2) is 0 Å². The molecule has 0 aromatic carbocycles. The molecule has 108 valence electrons. The molecule has 1 aromatic rings. The molecule has 0 amide bonds. The Morgan fingerprint density at radius 3 is 2.58 bits per heavy atom. The van der Waals surface area contributed by atoms with Crippen molar-refractivity contribution in [1.29, 1.82) is 0 Å². The predicted octanol–water partition coefficient (Wildman–Crippen LogP) is 1.73. The van der Waals surface area contributed by atoms with E-state index in [0.29, 0.717) is 6.04 Å². The molecule has 1 fully saturated rings. The maximum absolute atomic E-state index is 9.45. The second-order valence-corrected chi connectivity index (χ2v) is 6.26. The van der Waals surface area contributed by atoms with Crippen molar-refractivity contribution in [3.63, 3.8) is 0 Å². The van der Waals surface area contributed by atoms with E-state index in [9.17, 15) is 5.11 Å². The van der Waals surface area contributed by atoms with Crippen LogP contribution in [0.5, 0.6) is 0 Å². The molecule has 0 spiro atoms. The fraction of sp³-hybridized carbons (Fsp3) is 0.846. The van der Waals surface area contributed by atoms with Crippen LogP contribution in [0.3, 0.4) is 0 Å². The molecule has 1 heterocycles. The van der Waals surface area contributed by atoms with Crippen molar-refractivity contribution in [1.82, 2.24) is 14.3 Å². The number of anilines is 1. The van der Waals surface area contributed by atoms with Crippen LogP contribution in [0.2, 0.25) is 0 Å². The standard InChI is InChI=1S/C13H24N4OS/c1-10(9-18)17(11-6-4-5-7-11)8-12-14-13(16(2)3)19-15-12/h10-11,18H,4-9H2,1-3H3. The highest BCUT2D eigenvalue weighted by molar-refractivity contribution is 7.09. The van der Waals surface area contributed by atoms with Crippen molar-refractivity contribution >= 4 is 16.7 Å². The number of hydrogen-bond donors (Lipinski definition) is 1. The third-order valence-electron chi connectivity index (χ3n) is 3.79. The van der Waals surface area contributed by atoms with Gasteiger partial charge in [-0.15, -0.1) is 0 Å². The molecule has 1 aliphatic rings. The molecular weight excluding hydrogens is 260 g/mol. The van der Waals surface area contributed by atoms with Crippen molar-refractivity contribution in [3.8, 4) is 0 Å². The van der Waals surface area contributed by atoms with Crippen LogP contribution in [-0.2, 0) is 6.54 Å². The van der Waals surface area contributed by atoms with E-state index in [1.807, 2.05) is 19.0 Å². The lowest BCUT2D eigenvalue weighted by molar-refractivity contribution is 0.0853. The number of hydrogen-bond acceptors (Lipinski definition) is 6. The van der Waals surface area contributed by atoms with Gasteiger partial charge in [0.25, 0.3) is 0 Å². The lowest BCUT2D eigenvalue weighted by Crippen LogP contribution is -2.42. The molecule has 1 saturated carbocycles. The zero-order chi connectivity index (χ0) is 13.8. The maximum atomic E-state index is 9.45. The molecule has 2 rings (SSSR count). The predicted molar refractivity (Wildman–Crippen MR) is 78.6 cm³/mol. The number of nitrogens with zero attached hydrogens (tertiary/aromatic N) is 4. The molecule has 0 bridgehead atoms. The van der Waals surface area contributed by atoms with E-state index in [2.05, 4.69) is 21.2 Å². The Labute approximate surface area is 119 Å². The van der Waals surface area contributed by atoms with Gasteiger partial charge in [0.2, 0.25) is 5.13 Å². The smallest absolute Gasteiger partial charge is 0.204 e. The molecule has 1 aliphatic carbocycles. The topological polar surface area (TPSA) is 52.5 Å². The summed E-state index contributed by atoms with van der Waals surface area (Å²) in [7, 11) is 3.96. The van der Waals surface area contributed by atoms with Crippen molar-refractivity contribution in [2.24, 2.45) is 0 Å². The third-order valence-corrected chi connectivity index (χ3v) is 4.71. The van der Waals surface area contributed by atoms with Gasteiger partial charge in [0.05, 0.1) is 13.2 Å². The monoisotopic (exact) mass is 284 g/mol. The minimum Gasteiger partial charge on any atom is -0.395 e. The number of aromatic nitrogens is 2. The van der Waals surface area contributed by atoms with Crippen LogP contribution in [0.25, 0.3) is 0 Å². The highest BCUT2D eigenvalue weighted by Gasteiger charge is 2.27. The molecular formula is C13H24N4OS. The Morgan fingerprint density at radius 2 is 2.05 bits per heavy atom. The number of rotatable bonds is 6. The van der Waals surface area contributed by atoms with E-state index < -0.39 is 0 Å². The summed E-state index contributed by atoms with van der Waals surface area (Å²) in [6, 6.07) is 0.753. The summed E-state index contributed by atoms with van der Waals surface area (Å²) >= 11 is 1.44. The highest BCUT2D eigenvalue weighted by Crippen LogP contribution is 2.27. The van der Waals surface area contributed by atoms with Gasteiger partial charge >= 0.3 is 0 Å². The van der Waals surface area contributed by atoms with Gasteiger partial charge in [-0.3, -0.25) is 4.90 Å². The summed E-state index contributed by atoms with van der Waals surface area (Å²) in [5.74, 6) is 0.876. The van der Waals surface area contributed by atoms with E-state index in [-0.39, 0.29) is 12.6 Å². The van der Waals surface area contributed by atoms with Crippen LogP contribution < -0.4 is 4.90 Å². The third kappa shape index (κ3) is 3.64. The summed E-state index contributed by atoms with van der Waals surface area (Å²) in [4.78, 5) is 8.90. The molecule has 1 aromatic heterocycles. The summed E-state index contributed by atoms with van der Waals surface area (Å²) in [6.45, 7) is 3.02. The summed E-state index contributed by atoms with van der Waals surface area (Å²) < 4.78 is 4.43. The minimum atomic E-state index is 0.175. The molecule has 1 atom stereocenters. The number of aliphatic hydroxyl groups excluding tert-OH is 1. The van der Waals surface area contributed by atoms with Crippen LogP contribution in [0, 0.1) is 0 Å². The van der Waals surface area contributed by atoms with Gasteiger partial charge in [0.15, 0.2) is 5.82 Å². The molecule has 0 aliphatic heterocycles. The second kappa shape index (κ2) is 6.63. The van der Waals surface area contributed by atoms with E-state index in [0.717, 1.165) is 17.5 Å². The molecule has 0 saturated heterocycles. The number of aliphatic hydroxyl groups is 1. The van der Waals surface area contributed by atoms with Crippen LogP contribution >= 0.6 is 11.5 Å². The average Bonchev–Trinajstić information content (AvgIpc) is 3.05. The molecule has 5 nitrogen and oxygen atoms in total. The maximum Gasteiger partial charge on any atom is 0.204 e. The molecule has 1 unspecified atom stereocenters. The lowest BCUT2D eigenvalue weighted by Gasteiger charge is -2.32. The van der Waals surface area contributed by atoms with Crippen molar-refractivity contribution < 1.29 is 5.11 Å². The molecule has 0 radical (unpaired) electrons. The quantitative estimate of drug-likeness (QED) is 0.862. The summed E-state index contributed by atoms with van der Waals surface area (Å²) in [6.07, 6.45) is 5.06. The van der Waals surface area contributed by atoms with Crippen molar-refractivity contribution in [3.05, 3.63) is 5.82 Å². The lowest BCUT2D eigenvalue weighted by atomic mass is 10.1. The SMILES string of the molecule is CC(CO)N(Cc1nsc(N(C)C)n1)C1CCCC1. The Hall–Kier alpha value is -0.720. The van der Waals surface area contributed by atoms with E-state index in [4.69, 9.17) is 0 Å². The molecule has 1 N–H and O–H groups in total. The fourth-order valence-electron chi connectivity index (χ4n) is 2.64. The average molecular weight is 284 g/mol. The normalized spacial score (nSPS) is 18.2. The first-order valence-corrected chi connectivity index (χ1v) is 7.75. The van der Waals surface area contributed by atoms with Gasteiger partial charge in [-0.2, -0.15) is 4.37 Å². The van der Waals surface area contributed by atoms with Crippen LogP contribution in [0.4, 0.5) is 5.13 Å². The first-order valence-electron chi connectivity index (χ1n) is 6.98. The van der Waals surface area contributed by atoms with Gasteiger partial charge in [-0.05, 0) is 19.8 Å². The second-order valence-electron chi connectivity index (χ2n) is 5.53. The Bertz CT molecular complexity index is 390. The zero-order valence-corrected chi connectivity index (χ0v) is 12.9. The summed E-state index contributed by atoms with van der Waals surface area (Å²) in [5.41, 5.74) is 0. The van der Waals surface area contributed by atoms with E-state index in [1.54, 1.807) is 0 Å². The van der Waals surface area contributed by atoms with Crippen LogP contribution in [-0.4, -0.2) is 52.1 Å². The Morgan fingerprint density at radius 1 is 1.37 bits per heavy atom. The van der Waals surface area contributed by atoms with Gasteiger partial charge in [0, 0.05) is 37.7 Å². The largest absolute Gasteiger partial charge is 0.395 e. The first kappa shape index (κ1) is 14.7. The van der Waals surface area contributed by atoms with Crippen LogP contribution in [0.1, 0.15) is 38.4 Å². The fourth-order valence-corrected chi connectivity index (χ4v) is 3.23. The molecule has 6 heteroatoms. The summed E-state index contributed by atoms with van der Waals surface area (Å²) in [5, 5.41) is 10.4. The minimum absolute atomic E-state index is 0.175.